The lowest BCUT2D eigenvalue weighted by Crippen LogP contribution is -2.42. The Bertz CT molecular complexity index is 1630. The van der Waals surface area contributed by atoms with Crippen LogP contribution in [0.15, 0.2) is 169 Å². The summed E-state index contributed by atoms with van der Waals surface area (Å²) in [5.74, 6) is 0.944. The molecule has 1 aliphatic heterocycles. The van der Waals surface area contributed by atoms with Gasteiger partial charge in [0, 0.05) is 19.1 Å². The molecule has 192 valence electrons. The van der Waals surface area contributed by atoms with Crippen LogP contribution in [0.25, 0.3) is 6.08 Å². The molecule has 0 aromatic heterocycles. The average Bonchev–Trinajstić information content (AvgIpc) is 3.02. The van der Waals surface area contributed by atoms with E-state index < -0.39 is 21.2 Å². The Morgan fingerprint density at radius 2 is 1.02 bits per heavy atom. The molecule has 0 saturated carbocycles. The molecule has 0 bridgehead atoms. The molecule has 2 aliphatic rings. The van der Waals surface area contributed by atoms with Gasteiger partial charge in [0.2, 0.25) is 0 Å². The van der Waals surface area contributed by atoms with E-state index in [2.05, 4.69) is 170 Å². The lowest BCUT2D eigenvalue weighted by Gasteiger charge is -2.44. The van der Waals surface area contributed by atoms with Gasteiger partial charge in [0.05, 0.1) is 0 Å². The first-order valence-electron chi connectivity index (χ1n) is 13.5. The van der Waals surface area contributed by atoms with Crippen molar-refractivity contribution in [2.75, 3.05) is 0 Å². The van der Waals surface area contributed by atoms with Gasteiger partial charge in [0.1, 0.15) is 5.75 Å². The van der Waals surface area contributed by atoms with Crippen LogP contribution in [-0.2, 0) is 0 Å². The van der Waals surface area contributed by atoms with Crippen LogP contribution < -0.4 is 31.3 Å². The van der Waals surface area contributed by atoms with E-state index in [4.69, 9.17) is 4.74 Å². The maximum Gasteiger partial charge on any atom is 0.178 e. The highest BCUT2D eigenvalue weighted by Gasteiger charge is 2.46. The van der Waals surface area contributed by atoms with E-state index in [9.17, 15) is 0 Å². The zero-order valence-electron chi connectivity index (χ0n) is 22.0. The number of hydrogen-bond donors (Lipinski definition) is 0. The Labute approximate surface area is 238 Å². The van der Waals surface area contributed by atoms with Crippen molar-refractivity contribution in [3.63, 3.8) is 0 Å². The molecule has 1 atom stereocenters. The molecule has 40 heavy (non-hydrogen) atoms. The van der Waals surface area contributed by atoms with Gasteiger partial charge in [-0.3, -0.25) is 0 Å². The zero-order valence-corrected chi connectivity index (χ0v) is 23.8. The first-order chi connectivity index (χ1) is 19.8. The fourth-order valence-corrected chi connectivity index (χ4v) is 10.7. The van der Waals surface area contributed by atoms with Gasteiger partial charge in [-0.15, -0.1) is 0 Å². The molecule has 3 heteroatoms. The molecule has 5 aromatic carbocycles. The Hall–Kier alpha value is -4.02. The molecular weight excluding hydrogens is 522 g/mol. The predicted molar refractivity (Wildman–Crippen MR) is 174 cm³/mol. The van der Waals surface area contributed by atoms with E-state index in [1.54, 1.807) is 0 Å². The topological polar surface area (TPSA) is 9.23 Å². The highest BCUT2D eigenvalue weighted by atomic mass is 31.1. The van der Waals surface area contributed by atoms with E-state index in [1.165, 1.54) is 32.1 Å². The number of hydrogen-bond acceptors (Lipinski definition) is 1. The van der Waals surface area contributed by atoms with Crippen molar-refractivity contribution in [2.24, 2.45) is 0 Å². The molecule has 1 aliphatic carbocycles. The van der Waals surface area contributed by atoms with Gasteiger partial charge < -0.3 is 4.74 Å². The average molecular weight is 551 g/mol. The molecule has 7 rings (SSSR count). The van der Waals surface area contributed by atoms with Crippen LogP contribution >= 0.6 is 15.8 Å². The maximum atomic E-state index is 7.29. The van der Waals surface area contributed by atoms with Gasteiger partial charge >= 0.3 is 0 Å². The van der Waals surface area contributed by atoms with Crippen molar-refractivity contribution in [1.29, 1.82) is 0 Å². The monoisotopic (exact) mass is 550 g/mol. The summed E-state index contributed by atoms with van der Waals surface area (Å²) in [6.45, 7) is 0. The van der Waals surface area contributed by atoms with Crippen molar-refractivity contribution in [3.8, 4) is 5.75 Å². The maximum absolute atomic E-state index is 7.29. The number of allylic oxidation sites excluding steroid dienone is 2. The highest BCUT2D eigenvalue weighted by Crippen LogP contribution is 2.57. The van der Waals surface area contributed by atoms with E-state index in [1.807, 2.05) is 0 Å². The second kappa shape index (κ2) is 10.9. The van der Waals surface area contributed by atoms with Gasteiger partial charge in [-0.1, -0.05) is 152 Å². The SMILES string of the molecule is C1=CC2=Cc3ccc(P(c4ccccc4)c4ccccc4)cc3OC2(P(c2ccccc2)c2ccccc2)C=C1. The molecule has 1 nitrogen and oxygen atoms in total. The molecule has 0 amide bonds. The summed E-state index contributed by atoms with van der Waals surface area (Å²) < 4.78 is 7.29. The Kier molecular flexibility index (Phi) is 6.78. The van der Waals surface area contributed by atoms with Gasteiger partial charge in [-0.25, -0.2) is 0 Å². The van der Waals surface area contributed by atoms with Crippen molar-refractivity contribution in [2.45, 2.75) is 5.34 Å². The molecule has 0 spiro atoms. The minimum absolute atomic E-state index is 0.597. The molecular formula is C37H28OP2. The van der Waals surface area contributed by atoms with Crippen LogP contribution in [0.2, 0.25) is 0 Å². The summed E-state index contributed by atoms with van der Waals surface area (Å²) in [5.41, 5.74) is 2.32. The summed E-state index contributed by atoms with van der Waals surface area (Å²) in [7, 11) is -1.64. The lowest BCUT2D eigenvalue weighted by atomic mass is 9.97. The fourth-order valence-electron chi connectivity index (χ4n) is 5.55. The van der Waals surface area contributed by atoms with Crippen molar-refractivity contribution in [1.82, 2.24) is 0 Å². The fraction of sp³-hybridized carbons (Fsp3) is 0.0270. The van der Waals surface area contributed by atoms with Crippen LogP contribution in [0.1, 0.15) is 5.56 Å². The highest BCUT2D eigenvalue weighted by molar-refractivity contribution is 7.79. The van der Waals surface area contributed by atoms with E-state index >= 15 is 0 Å². The van der Waals surface area contributed by atoms with Crippen molar-refractivity contribution < 1.29 is 4.74 Å². The van der Waals surface area contributed by atoms with Crippen LogP contribution in [0, 0.1) is 0 Å². The normalized spacial score (nSPS) is 17.2. The van der Waals surface area contributed by atoms with Crippen LogP contribution in [0.3, 0.4) is 0 Å². The van der Waals surface area contributed by atoms with E-state index in [0.29, 0.717) is 0 Å². The first kappa shape index (κ1) is 25.0. The standard InChI is InChI=1S/C37H28OP2/c1-5-16-31(17-6-1)39(32-18-7-2-8-19-32)35-25-24-29-27-30-15-13-14-26-37(30,38-36(29)28-35)40(33-20-9-3-10-21-33)34-22-11-4-12-23-34/h1-28H. The molecule has 0 radical (unpaired) electrons. The quantitative estimate of drug-likeness (QED) is 0.204. The largest absolute Gasteiger partial charge is 0.473 e. The third-order valence-corrected chi connectivity index (χ3v) is 12.6. The van der Waals surface area contributed by atoms with Gasteiger partial charge in [0.25, 0.3) is 0 Å². The lowest BCUT2D eigenvalue weighted by molar-refractivity contribution is 0.246. The van der Waals surface area contributed by atoms with Crippen molar-refractivity contribution >= 4 is 48.4 Å². The number of ether oxygens (including phenoxy) is 1. The number of benzene rings is 5. The minimum atomic E-state index is -0.908. The summed E-state index contributed by atoms with van der Waals surface area (Å²) in [4.78, 5) is 0. The van der Waals surface area contributed by atoms with Crippen molar-refractivity contribution in [3.05, 3.63) is 175 Å². The Morgan fingerprint density at radius 1 is 0.500 bits per heavy atom. The molecule has 5 aromatic rings. The predicted octanol–water partition coefficient (Wildman–Crippen LogP) is 7.18. The van der Waals surface area contributed by atoms with Gasteiger partial charge in [-0.05, 0) is 52.7 Å². The Balaban J connectivity index is 1.39. The second-order valence-corrected chi connectivity index (χ2v) is 14.4. The van der Waals surface area contributed by atoms with Gasteiger partial charge in [0.15, 0.2) is 5.34 Å². The summed E-state index contributed by atoms with van der Waals surface area (Å²) in [6.07, 6.45) is 11.1. The van der Waals surface area contributed by atoms with E-state index in [-0.39, 0.29) is 0 Å². The van der Waals surface area contributed by atoms with Crippen LogP contribution in [-0.4, -0.2) is 5.34 Å². The molecule has 1 unspecified atom stereocenters. The third-order valence-electron chi connectivity index (χ3n) is 7.34. The van der Waals surface area contributed by atoms with E-state index in [0.717, 1.165) is 11.3 Å². The molecule has 0 N–H and O–H groups in total. The van der Waals surface area contributed by atoms with Crippen LogP contribution in [0.5, 0.6) is 5.75 Å². The first-order valence-corrected chi connectivity index (χ1v) is 16.2. The number of fused-ring (bicyclic) bond motifs is 2. The summed E-state index contributed by atoms with van der Waals surface area (Å²) in [6, 6.07) is 50.3. The summed E-state index contributed by atoms with van der Waals surface area (Å²) in [5, 5.41) is 5.95. The van der Waals surface area contributed by atoms with Crippen LogP contribution in [0.4, 0.5) is 0 Å². The molecule has 0 saturated heterocycles. The third kappa shape index (κ3) is 4.56. The zero-order chi connectivity index (χ0) is 26.8. The minimum Gasteiger partial charge on any atom is -0.473 e. The Morgan fingerprint density at radius 3 is 1.57 bits per heavy atom. The molecule has 0 fully saturated rings. The summed E-state index contributed by atoms with van der Waals surface area (Å²) >= 11 is 0. The smallest absolute Gasteiger partial charge is 0.178 e. The molecule has 1 heterocycles. The second-order valence-electron chi connectivity index (χ2n) is 9.85. The number of rotatable bonds is 6. The van der Waals surface area contributed by atoms with Gasteiger partial charge in [-0.2, -0.15) is 0 Å².